The van der Waals surface area contributed by atoms with Crippen molar-refractivity contribution >= 4 is 22.5 Å². The summed E-state index contributed by atoms with van der Waals surface area (Å²) < 4.78 is 13.7. The number of ketones is 2. The molecule has 2 aromatic rings. The molecule has 1 fully saturated rings. The van der Waals surface area contributed by atoms with Crippen LogP contribution in [0.1, 0.15) is 111 Å². The van der Waals surface area contributed by atoms with Crippen LogP contribution in [0.25, 0.3) is 10.9 Å². The van der Waals surface area contributed by atoms with Crippen LogP contribution in [0.2, 0.25) is 0 Å². The molecule has 1 saturated carbocycles. The van der Waals surface area contributed by atoms with Gasteiger partial charge in [0.05, 0.1) is 6.04 Å². The van der Waals surface area contributed by atoms with Gasteiger partial charge >= 0.3 is 0 Å². The average molecular weight is 527 g/mol. The monoisotopic (exact) mass is 526 g/mol. The summed E-state index contributed by atoms with van der Waals surface area (Å²) in [4.78, 5) is 30.0. The summed E-state index contributed by atoms with van der Waals surface area (Å²) >= 11 is 0. The Morgan fingerprint density at radius 3 is 2.45 bits per heavy atom. The lowest BCUT2D eigenvalue weighted by Crippen LogP contribution is -2.42. The number of aromatic nitrogens is 1. The van der Waals surface area contributed by atoms with Gasteiger partial charge in [-0.25, -0.2) is 4.39 Å². The molecule has 1 heterocycles. The highest BCUT2D eigenvalue weighted by atomic mass is 19.1. The van der Waals surface area contributed by atoms with Crippen LogP contribution in [0.3, 0.4) is 0 Å². The van der Waals surface area contributed by atoms with Gasteiger partial charge in [0.2, 0.25) is 0 Å². The Labute approximate surface area is 229 Å². The van der Waals surface area contributed by atoms with E-state index < -0.39 is 0 Å². The summed E-state index contributed by atoms with van der Waals surface area (Å²) in [6, 6.07) is 4.77. The Balaban J connectivity index is 1.68. The van der Waals surface area contributed by atoms with E-state index in [0.29, 0.717) is 24.2 Å². The van der Waals surface area contributed by atoms with Crippen LogP contribution in [-0.2, 0) is 9.59 Å². The lowest BCUT2D eigenvalue weighted by Gasteiger charge is -2.38. The molecule has 0 saturated heterocycles. The van der Waals surface area contributed by atoms with Gasteiger partial charge in [0, 0.05) is 35.4 Å². The molecule has 1 aliphatic rings. The van der Waals surface area contributed by atoms with Gasteiger partial charge in [0.25, 0.3) is 0 Å². The minimum atomic E-state index is -0.240. The zero-order valence-corrected chi connectivity index (χ0v) is 24.8. The zero-order valence-electron chi connectivity index (χ0n) is 24.8. The van der Waals surface area contributed by atoms with Crippen molar-refractivity contribution in [1.29, 1.82) is 0 Å². The van der Waals surface area contributed by atoms with E-state index in [1.807, 2.05) is 33.2 Å². The van der Waals surface area contributed by atoms with E-state index >= 15 is 0 Å². The molecule has 212 valence electrons. The fourth-order valence-electron chi connectivity index (χ4n) is 7.08. The highest BCUT2D eigenvalue weighted by Gasteiger charge is 2.38. The number of hydrogen-bond donors (Lipinski definition) is 2. The second-order valence-corrected chi connectivity index (χ2v) is 12.7. The molecule has 0 radical (unpaired) electrons. The summed E-state index contributed by atoms with van der Waals surface area (Å²) in [5.41, 5.74) is 2.13. The van der Waals surface area contributed by atoms with E-state index in [1.54, 1.807) is 12.1 Å². The Kier molecular flexibility index (Phi) is 10.7. The molecule has 0 spiro atoms. The number of Topliss-reactive ketones (excluding diaryl/α,β-unsaturated/α-hetero) is 2. The third kappa shape index (κ3) is 6.94. The van der Waals surface area contributed by atoms with Crippen molar-refractivity contribution in [2.45, 2.75) is 111 Å². The van der Waals surface area contributed by atoms with Crippen molar-refractivity contribution in [3.8, 4) is 0 Å². The first-order valence-electron chi connectivity index (χ1n) is 15.0. The first-order valence-corrected chi connectivity index (χ1v) is 15.0. The van der Waals surface area contributed by atoms with E-state index in [2.05, 4.69) is 38.0 Å². The Morgan fingerprint density at radius 2 is 1.82 bits per heavy atom. The predicted molar refractivity (Wildman–Crippen MR) is 156 cm³/mol. The molecule has 0 bridgehead atoms. The number of hydrogen-bond acceptors (Lipinski definition) is 3. The van der Waals surface area contributed by atoms with Crippen molar-refractivity contribution in [2.75, 3.05) is 7.05 Å². The van der Waals surface area contributed by atoms with Crippen molar-refractivity contribution < 1.29 is 14.0 Å². The Bertz CT molecular complexity index is 1070. The van der Waals surface area contributed by atoms with Crippen LogP contribution in [-0.4, -0.2) is 29.6 Å². The maximum Gasteiger partial charge on any atom is 0.152 e. The number of H-pyrrole nitrogens is 1. The zero-order chi connectivity index (χ0) is 28.0. The van der Waals surface area contributed by atoms with Crippen LogP contribution >= 0.6 is 0 Å². The first-order chi connectivity index (χ1) is 18.0. The largest absolute Gasteiger partial charge is 0.361 e. The molecule has 4 nitrogen and oxygen atoms in total. The average Bonchev–Trinajstić information content (AvgIpc) is 3.31. The van der Waals surface area contributed by atoms with Gasteiger partial charge in [0.15, 0.2) is 5.78 Å². The van der Waals surface area contributed by atoms with Gasteiger partial charge in [-0.2, -0.15) is 0 Å². The van der Waals surface area contributed by atoms with Crippen LogP contribution in [0, 0.1) is 34.9 Å². The Hall–Kier alpha value is -2.01. The number of rotatable bonds is 14. The third-order valence-corrected chi connectivity index (χ3v) is 9.97. The van der Waals surface area contributed by atoms with E-state index in [4.69, 9.17) is 0 Å². The second kappa shape index (κ2) is 13.4. The summed E-state index contributed by atoms with van der Waals surface area (Å²) in [7, 11) is 1.81. The number of carbonyl (C=O) groups is 2. The third-order valence-electron chi connectivity index (χ3n) is 9.97. The minimum Gasteiger partial charge on any atom is -0.361 e. The maximum absolute atomic E-state index is 13.7. The summed E-state index contributed by atoms with van der Waals surface area (Å²) in [5, 5.41) is 4.18. The van der Waals surface area contributed by atoms with E-state index in [1.165, 1.54) is 24.8 Å². The van der Waals surface area contributed by atoms with Gasteiger partial charge in [-0.3, -0.25) is 9.59 Å². The molecule has 38 heavy (non-hydrogen) atoms. The number of benzene rings is 1. The van der Waals surface area contributed by atoms with E-state index in [-0.39, 0.29) is 40.7 Å². The van der Waals surface area contributed by atoms with Crippen molar-refractivity contribution in [2.24, 2.45) is 29.1 Å². The predicted octanol–water partition coefficient (Wildman–Crippen LogP) is 8.21. The summed E-state index contributed by atoms with van der Waals surface area (Å²) in [6.07, 6.45) is 11.1. The highest BCUT2D eigenvalue weighted by Crippen LogP contribution is 2.45. The van der Waals surface area contributed by atoms with Crippen molar-refractivity contribution in [1.82, 2.24) is 10.3 Å². The van der Waals surface area contributed by atoms with Gasteiger partial charge < -0.3 is 10.3 Å². The second-order valence-electron chi connectivity index (χ2n) is 12.7. The van der Waals surface area contributed by atoms with Gasteiger partial charge in [-0.1, -0.05) is 53.9 Å². The van der Waals surface area contributed by atoms with Crippen LogP contribution in [0.5, 0.6) is 0 Å². The molecule has 1 aromatic heterocycles. The minimum absolute atomic E-state index is 0.0347. The quantitative estimate of drug-likeness (QED) is 0.261. The van der Waals surface area contributed by atoms with Crippen molar-refractivity contribution in [3.05, 3.63) is 35.8 Å². The highest BCUT2D eigenvalue weighted by molar-refractivity contribution is 5.92. The lowest BCUT2D eigenvalue weighted by molar-refractivity contribution is -0.135. The maximum atomic E-state index is 13.7. The molecule has 2 N–H and O–H groups in total. The van der Waals surface area contributed by atoms with Crippen molar-refractivity contribution in [3.63, 3.8) is 0 Å². The molecule has 1 aromatic carbocycles. The molecular weight excluding hydrogens is 475 g/mol. The molecule has 3 rings (SSSR count). The normalized spacial score (nSPS) is 19.2. The van der Waals surface area contributed by atoms with Gasteiger partial charge in [-0.05, 0) is 93.0 Å². The summed E-state index contributed by atoms with van der Waals surface area (Å²) in [6.45, 7) is 13.1. The van der Waals surface area contributed by atoms with E-state index in [9.17, 15) is 14.0 Å². The topological polar surface area (TPSA) is 62.0 Å². The SMILES string of the molecule is CC[C@H](c1c[nH]c2cc(F)ccc12)[C@@H](C)C(C)(C)CCCC(=O)C(C1CCCCC1)C(C)C(=O)[C@H](C)NC. The molecule has 0 amide bonds. The molecule has 5 atom stereocenters. The molecule has 0 aliphatic heterocycles. The number of fused-ring (bicyclic) bond motifs is 1. The van der Waals surface area contributed by atoms with Crippen LogP contribution in [0.15, 0.2) is 24.4 Å². The summed E-state index contributed by atoms with van der Waals surface area (Å²) in [5.74, 6) is 0.894. The number of likely N-dealkylation sites (N-methyl/N-ethyl adjacent to an activating group) is 1. The van der Waals surface area contributed by atoms with Gasteiger partial charge in [-0.15, -0.1) is 0 Å². The van der Waals surface area contributed by atoms with Crippen LogP contribution < -0.4 is 5.32 Å². The fourth-order valence-corrected chi connectivity index (χ4v) is 7.08. The Morgan fingerprint density at radius 1 is 1.13 bits per heavy atom. The molecule has 1 aliphatic carbocycles. The standard InChI is InChI=1S/C33H51FN2O2/c1-8-26(28-20-36-29-19-25(34)16-17-27(28)29)22(3)33(5,6)18-12-15-30(37)31(24-13-10-9-11-14-24)21(2)32(38)23(4)35-7/h16-17,19-24,26,31,35-36H,8-15,18H2,1-7H3/t21?,22-,23+,26+,31?/m1/s1. The molecule has 2 unspecified atom stereocenters. The number of halogens is 1. The lowest BCUT2D eigenvalue weighted by atomic mass is 9.67. The number of carbonyl (C=O) groups excluding carboxylic acids is 2. The fraction of sp³-hybridized carbons (Fsp3) is 0.697. The van der Waals surface area contributed by atoms with E-state index in [0.717, 1.165) is 43.0 Å². The van der Waals surface area contributed by atoms with Crippen LogP contribution in [0.4, 0.5) is 4.39 Å². The molecular formula is C33H51FN2O2. The van der Waals surface area contributed by atoms with Gasteiger partial charge in [0.1, 0.15) is 11.6 Å². The smallest absolute Gasteiger partial charge is 0.152 e. The number of nitrogens with one attached hydrogen (secondary N) is 2. The molecule has 5 heteroatoms. The first kappa shape index (κ1) is 30.5. The number of aromatic amines is 1.